The Morgan fingerprint density at radius 2 is 1.96 bits per heavy atom. The molecule has 1 aliphatic heterocycles. The van der Waals surface area contributed by atoms with E-state index in [1.54, 1.807) is 18.2 Å². The van der Waals surface area contributed by atoms with E-state index < -0.39 is 11.5 Å². The van der Waals surface area contributed by atoms with E-state index in [1.165, 1.54) is 0 Å². The van der Waals surface area contributed by atoms with Crippen molar-refractivity contribution in [3.63, 3.8) is 0 Å². The van der Waals surface area contributed by atoms with E-state index in [0.29, 0.717) is 35.7 Å². The van der Waals surface area contributed by atoms with Crippen molar-refractivity contribution in [1.29, 1.82) is 0 Å². The van der Waals surface area contributed by atoms with Crippen LogP contribution in [-0.2, 0) is 20.9 Å². The highest BCUT2D eigenvalue weighted by atomic mass is 35.5. The number of hydrogen-bond donors (Lipinski definition) is 3. The molecule has 0 saturated carbocycles. The third-order valence-corrected chi connectivity index (χ3v) is 4.97. The maximum absolute atomic E-state index is 12.1. The zero-order chi connectivity index (χ0) is 18.4. The van der Waals surface area contributed by atoms with Gasteiger partial charge in [0, 0.05) is 41.4 Å². The predicted octanol–water partition coefficient (Wildman–Crippen LogP) is 2.90. The number of nitrogens with one attached hydrogen (secondary N) is 2. The number of amides is 2. The van der Waals surface area contributed by atoms with Gasteiger partial charge in [-0.3, -0.25) is 14.4 Å². The Morgan fingerprint density at radius 1 is 1.24 bits per heavy atom. The van der Waals surface area contributed by atoms with Crippen molar-refractivity contribution in [3.05, 3.63) is 33.8 Å². The largest absolute Gasteiger partial charge is 0.481 e. The van der Waals surface area contributed by atoms with Gasteiger partial charge in [-0.15, -0.1) is 0 Å². The van der Waals surface area contributed by atoms with Crippen molar-refractivity contribution in [2.24, 2.45) is 0 Å². The van der Waals surface area contributed by atoms with Crippen LogP contribution in [0.4, 0.5) is 0 Å². The second kappa shape index (κ2) is 8.54. The molecule has 2 rings (SSSR count). The zero-order valence-electron chi connectivity index (χ0n) is 13.6. The van der Waals surface area contributed by atoms with Gasteiger partial charge in [0.1, 0.15) is 0 Å². The van der Waals surface area contributed by atoms with Gasteiger partial charge in [0.25, 0.3) is 0 Å². The molecule has 2 amide bonds. The van der Waals surface area contributed by atoms with Crippen LogP contribution in [0.2, 0.25) is 10.0 Å². The van der Waals surface area contributed by atoms with Crippen molar-refractivity contribution in [2.45, 2.75) is 50.6 Å². The Hall–Kier alpha value is -1.79. The highest BCUT2D eigenvalue weighted by Gasteiger charge is 2.37. The lowest BCUT2D eigenvalue weighted by Gasteiger charge is -2.28. The first-order valence-electron chi connectivity index (χ1n) is 8.03. The molecule has 0 radical (unpaired) electrons. The number of carboxylic acids is 1. The summed E-state index contributed by atoms with van der Waals surface area (Å²) in [5.41, 5.74) is 0.109. The molecule has 1 saturated heterocycles. The fraction of sp³-hybridized carbons (Fsp3) is 0.471. The molecular weight excluding hydrogens is 367 g/mol. The van der Waals surface area contributed by atoms with E-state index in [0.717, 1.165) is 5.56 Å². The average Bonchev–Trinajstić information content (AvgIpc) is 2.94. The fourth-order valence-electron chi connectivity index (χ4n) is 2.93. The molecule has 1 aliphatic rings. The predicted molar refractivity (Wildman–Crippen MR) is 94.5 cm³/mol. The Balaban J connectivity index is 1.87. The maximum atomic E-state index is 12.1. The third kappa shape index (κ3) is 5.90. The minimum absolute atomic E-state index is 0.0416. The van der Waals surface area contributed by atoms with Gasteiger partial charge in [-0.25, -0.2) is 0 Å². The number of carbonyl (C=O) groups excluding carboxylic acids is 2. The highest BCUT2D eigenvalue weighted by molar-refractivity contribution is 6.33. The lowest BCUT2D eigenvalue weighted by Crippen LogP contribution is -2.43. The monoisotopic (exact) mass is 386 g/mol. The second-order valence-corrected chi connectivity index (χ2v) is 7.08. The summed E-state index contributed by atoms with van der Waals surface area (Å²) in [4.78, 5) is 34.5. The molecule has 1 aromatic carbocycles. The maximum Gasteiger partial charge on any atom is 0.303 e. The van der Waals surface area contributed by atoms with Gasteiger partial charge in [0.05, 0.1) is 0 Å². The summed E-state index contributed by atoms with van der Waals surface area (Å²) < 4.78 is 0. The van der Waals surface area contributed by atoms with Crippen LogP contribution in [0.1, 0.15) is 44.1 Å². The van der Waals surface area contributed by atoms with Crippen molar-refractivity contribution in [1.82, 2.24) is 10.6 Å². The molecule has 6 nitrogen and oxygen atoms in total. The molecule has 0 aliphatic carbocycles. The normalized spacial score (nSPS) is 19.5. The first kappa shape index (κ1) is 19.5. The Labute approximate surface area is 155 Å². The summed E-state index contributed by atoms with van der Waals surface area (Å²) in [7, 11) is 0. The molecule has 0 spiro atoms. The van der Waals surface area contributed by atoms with Gasteiger partial charge < -0.3 is 15.7 Å². The smallest absolute Gasteiger partial charge is 0.303 e. The number of carboxylic acid groups (broad SMARTS) is 1. The first-order chi connectivity index (χ1) is 11.8. The van der Waals surface area contributed by atoms with E-state index in [4.69, 9.17) is 28.3 Å². The van der Waals surface area contributed by atoms with Crippen molar-refractivity contribution >= 4 is 41.0 Å². The van der Waals surface area contributed by atoms with Crippen LogP contribution in [0.25, 0.3) is 0 Å². The van der Waals surface area contributed by atoms with E-state index in [9.17, 15) is 14.4 Å². The van der Waals surface area contributed by atoms with Crippen LogP contribution in [0, 0.1) is 0 Å². The zero-order valence-corrected chi connectivity index (χ0v) is 15.1. The van der Waals surface area contributed by atoms with E-state index in [2.05, 4.69) is 10.6 Å². The van der Waals surface area contributed by atoms with Crippen LogP contribution in [0.3, 0.4) is 0 Å². The first-order valence-corrected chi connectivity index (χ1v) is 8.79. The molecule has 25 heavy (non-hydrogen) atoms. The van der Waals surface area contributed by atoms with E-state index >= 15 is 0 Å². The van der Waals surface area contributed by atoms with Crippen LogP contribution in [0.15, 0.2) is 18.2 Å². The number of aliphatic carboxylic acids is 1. The van der Waals surface area contributed by atoms with Gasteiger partial charge >= 0.3 is 5.97 Å². The Morgan fingerprint density at radius 3 is 2.60 bits per heavy atom. The van der Waals surface area contributed by atoms with Crippen LogP contribution >= 0.6 is 23.2 Å². The summed E-state index contributed by atoms with van der Waals surface area (Å²) >= 11 is 12.0. The molecule has 1 heterocycles. The van der Waals surface area contributed by atoms with Gasteiger partial charge in [-0.2, -0.15) is 0 Å². The van der Waals surface area contributed by atoms with Gasteiger partial charge in [-0.05, 0) is 43.0 Å². The molecule has 136 valence electrons. The second-order valence-electron chi connectivity index (χ2n) is 6.23. The number of rotatable bonds is 8. The fourth-order valence-corrected chi connectivity index (χ4v) is 3.31. The lowest BCUT2D eigenvalue weighted by atomic mass is 9.86. The number of benzene rings is 1. The Bertz CT molecular complexity index is 681. The van der Waals surface area contributed by atoms with Crippen molar-refractivity contribution in [2.75, 3.05) is 0 Å². The standard InChI is InChI=1S/C17H20Cl2N2O4/c18-12-1-2-13(19)11(9-12)10-20-14(22)3-6-17(8-5-16(24)25)7-4-15(23)21-17/h1-2,9H,3-8,10H2,(H,20,22)(H,21,23)(H,24,25). The third-order valence-electron chi connectivity index (χ3n) is 4.37. The summed E-state index contributed by atoms with van der Waals surface area (Å²) in [6, 6.07) is 5.03. The quantitative estimate of drug-likeness (QED) is 0.639. The molecular formula is C17H20Cl2N2O4. The van der Waals surface area contributed by atoms with Gasteiger partial charge in [0.2, 0.25) is 11.8 Å². The van der Waals surface area contributed by atoms with E-state index in [-0.39, 0.29) is 31.2 Å². The van der Waals surface area contributed by atoms with Crippen LogP contribution in [-0.4, -0.2) is 28.4 Å². The molecule has 3 N–H and O–H groups in total. The molecule has 8 heteroatoms. The van der Waals surface area contributed by atoms with Crippen LogP contribution in [0.5, 0.6) is 0 Å². The molecule has 1 aromatic rings. The highest BCUT2D eigenvalue weighted by Crippen LogP contribution is 2.30. The molecule has 0 bridgehead atoms. The van der Waals surface area contributed by atoms with Gasteiger partial charge in [-0.1, -0.05) is 23.2 Å². The number of halogens is 2. The van der Waals surface area contributed by atoms with Gasteiger partial charge in [0.15, 0.2) is 0 Å². The summed E-state index contributed by atoms with van der Waals surface area (Å²) in [6.45, 7) is 0.257. The molecule has 1 unspecified atom stereocenters. The molecule has 0 aromatic heterocycles. The Kier molecular flexibility index (Phi) is 6.67. The number of hydrogen-bond acceptors (Lipinski definition) is 3. The summed E-state index contributed by atoms with van der Waals surface area (Å²) in [5, 5.41) is 15.6. The number of carbonyl (C=O) groups is 3. The lowest BCUT2D eigenvalue weighted by molar-refractivity contribution is -0.137. The minimum atomic E-state index is -0.916. The topological polar surface area (TPSA) is 95.5 Å². The summed E-state index contributed by atoms with van der Waals surface area (Å²) in [5.74, 6) is -1.20. The molecule has 1 fully saturated rings. The average molecular weight is 387 g/mol. The molecule has 1 atom stereocenters. The van der Waals surface area contributed by atoms with E-state index in [1.807, 2.05) is 0 Å². The SMILES string of the molecule is O=C(O)CCC1(CCC(=O)NCc2cc(Cl)ccc2Cl)CCC(=O)N1. The minimum Gasteiger partial charge on any atom is -0.481 e. The van der Waals surface area contributed by atoms with Crippen molar-refractivity contribution in [3.8, 4) is 0 Å². The summed E-state index contributed by atoms with van der Waals surface area (Å²) in [6.07, 6.45) is 1.78. The van der Waals surface area contributed by atoms with Crippen molar-refractivity contribution < 1.29 is 19.5 Å². The van der Waals surface area contributed by atoms with Crippen LogP contribution < -0.4 is 10.6 Å².